The van der Waals surface area contributed by atoms with Gasteiger partial charge in [-0.15, -0.1) is 0 Å². The zero-order chi connectivity index (χ0) is 14.3. The van der Waals surface area contributed by atoms with Gasteiger partial charge in [0.05, 0.1) is 16.1 Å². The summed E-state index contributed by atoms with van der Waals surface area (Å²) in [4.78, 5) is 8.79. The lowest BCUT2D eigenvalue weighted by molar-refractivity contribution is 0.619. The van der Waals surface area contributed by atoms with Crippen molar-refractivity contribution in [3.8, 4) is 11.3 Å². The van der Waals surface area contributed by atoms with E-state index in [1.807, 2.05) is 24.3 Å². The minimum Gasteiger partial charge on any atom is -0.382 e. The van der Waals surface area contributed by atoms with Gasteiger partial charge in [0.15, 0.2) is 5.82 Å². The minimum absolute atomic E-state index is 0.268. The van der Waals surface area contributed by atoms with Crippen LogP contribution in [0.4, 0.5) is 10.2 Å². The Kier molecular flexibility index (Phi) is 3.03. The standard InChI is InChI=1S/C15H11ClFN3/c1-8-6-9(10(16)7-11(8)17)14-15(18)20-13-5-3-2-4-12(13)19-14/h2-7H,1H3,(H2,18,20). The fourth-order valence-corrected chi connectivity index (χ4v) is 2.29. The summed E-state index contributed by atoms with van der Waals surface area (Å²) in [5.41, 5.74) is 8.92. The smallest absolute Gasteiger partial charge is 0.150 e. The van der Waals surface area contributed by atoms with Crippen LogP contribution in [0.1, 0.15) is 5.56 Å². The van der Waals surface area contributed by atoms with Crippen LogP contribution in [-0.4, -0.2) is 9.97 Å². The normalized spacial score (nSPS) is 10.9. The second kappa shape index (κ2) is 4.72. The van der Waals surface area contributed by atoms with Gasteiger partial charge in [-0.3, -0.25) is 0 Å². The average molecular weight is 288 g/mol. The molecule has 2 N–H and O–H groups in total. The van der Waals surface area contributed by atoms with Crippen molar-refractivity contribution in [2.75, 3.05) is 5.73 Å². The van der Waals surface area contributed by atoms with Crippen molar-refractivity contribution < 1.29 is 4.39 Å². The van der Waals surface area contributed by atoms with Crippen LogP contribution in [0.25, 0.3) is 22.3 Å². The second-order valence-electron chi connectivity index (χ2n) is 4.53. The molecular weight excluding hydrogens is 277 g/mol. The SMILES string of the molecule is Cc1cc(-c2nc3ccccc3nc2N)c(Cl)cc1F. The van der Waals surface area contributed by atoms with E-state index in [0.29, 0.717) is 22.3 Å². The topological polar surface area (TPSA) is 51.8 Å². The maximum atomic E-state index is 13.5. The van der Waals surface area contributed by atoms with Gasteiger partial charge >= 0.3 is 0 Å². The zero-order valence-electron chi connectivity index (χ0n) is 10.7. The summed E-state index contributed by atoms with van der Waals surface area (Å²) in [5.74, 6) is -0.0809. The van der Waals surface area contributed by atoms with Crippen LogP contribution >= 0.6 is 11.6 Å². The number of benzene rings is 2. The van der Waals surface area contributed by atoms with Crippen LogP contribution in [0.5, 0.6) is 0 Å². The van der Waals surface area contributed by atoms with E-state index in [0.717, 1.165) is 5.52 Å². The Bertz CT molecular complexity index is 818. The van der Waals surface area contributed by atoms with Crippen LogP contribution in [0.2, 0.25) is 5.02 Å². The number of hydrogen-bond donors (Lipinski definition) is 1. The number of nitrogen functional groups attached to an aromatic ring is 1. The molecule has 3 aromatic rings. The lowest BCUT2D eigenvalue weighted by Gasteiger charge is -2.09. The van der Waals surface area contributed by atoms with E-state index in [-0.39, 0.29) is 16.7 Å². The minimum atomic E-state index is -0.355. The Morgan fingerprint density at radius 2 is 1.75 bits per heavy atom. The fraction of sp³-hybridized carbons (Fsp3) is 0.0667. The maximum Gasteiger partial charge on any atom is 0.150 e. The molecular formula is C15H11ClFN3. The molecule has 0 aliphatic carbocycles. The molecule has 3 rings (SSSR count). The Morgan fingerprint density at radius 1 is 1.10 bits per heavy atom. The van der Waals surface area contributed by atoms with Crippen LogP contribution in [0, 0.1) is 12.7 Å². The number of nitrogens with zero attached hydrogens (tertiary/aromatic N) is 2. The molecule has 0 aliphatic heterocycles. The lowest BCUT2D eigenvalue weighted by Crippen LogP contribution is -1.99. The number of aryl methyl sites for hydroxylation is 1. The van der Waals surface area contributed by atoms with E-state index < -0.39 is 0 Å². The summed E-state index contributed by atoms with van der Waals surface area (Å²) in [6.07, 6.45) is 0. The first-order valence-corrected chi connectivity index (χ1v) is 6.42. The summed E-state index contributed by atoms with van der Waals surface area (Å²) < 4.78 is 13.5. The van der Waals surface area contributed by atoms with Gasteiger partial charge < -0.3 is 5.73 Å². The van der Waals surface area contributed by atoms with Crippen molar-refractivity contribution in [3.63, 3.8) is 0 Å². The second-order valence-corrected chi connectivity index (χ2v) is 4.93. The fourth-order valence-electron chi connectivity index (χ4n) is 2.05. The molecule has 0 unspecified atom stereocenters. The maximum absolute atomic E-state index is 13.5. The van der Waals surface area contributed by atoms with Crippen molar-refractivity contribution >= 4 is 28.5 Å². The van der Waals surface area contributed by atoms with E-state index in [1.165, 1.54) is 6.07 Å². The molecule has 0 atom stereocenters. The molecule has 0 aliphatic rings. The highest BCUT2D eigenvalue weighted by Gasteiger charge is 2.14. The van der Waals surface area contributed by atoms with Gasteiger partial charge in [-0.05, 0) is 36.8 Å². The molecule has 1 aromatic heterocycles. The first-order chi connectivity index (χ1) is 9.56. The summed E-state index contributed by atoms with van der Waals surface area (Å²) >= 11 is 6.10. The van der Waals surface area contributed by atoms with Crippen LogP contribution in [-0.2, 0) is 0 Å². The molecule has 2 aromatic carbocycles. The number of para-hydroxylation sites is 2. The van der Waals surface area contributed by atoms with E-state index in [9.17, 15) is 4.39 Å². The molecule has 0 saturated carbocycles. The summed E-state index contributed by atoms with van der Waals surface area (Å²) in [6, 6.07) is 10.3. The van der Waals surface area contributed by atoms with Gasteiger partial charge in [-0.2, -0.15) is 0 Å². The largest absolute Gasteiger partial charge is 0.382 e. The predicted molar refractivity (Wildman–Crippen MR) is 79.1 cm³/mol. The van der Waals surface area contributed by atoms with Gasteiger partial charge in [-0.1, -0.05) is 23.7 Å². The van der Waals surface area contributed by atoms with Gasteiger partial charge in [0, 0.05) is 5.56 Å². The first kappa shape index (κ1) is 12.8. The number of fused-ring (bicyclic) bond motifs is 1. The van der Waals surface area contributed by atoms with Crippen molar-refractivity contribution in [1.29, 1.82) is 0 Å². The van der Waals surface area contributed by atoms with Gasteiger partial charge in [0.25, 0.3) is 0 Å². The van der Waals surface area contributed by atoms with Gasteiger partial charge in [0.1, 0.15) is 11.5 Å². The van der Waals surface area contributed by atoms with Crippen LogP contribution in [0.3, 0.4) is 0 Å². The van der Waals surface area contributed by atoms with Crippen molar-refractivity contribution in [3.05, 3.63) is 52.8 Å². The highest BCUT2D eigenvalue weighted by atomic mass is 35.5. The highest BCUT2D eigenvalue weighted by Crippen LogP contribution is 2.32. The number of aromatic nitrogens is 2. The summed E-state index contributed by atoms with van der Waals surface area (Å²) in [7, 11) is 0. The summed E-state index contributed by atoms with van der Waals surface area (Å²) in [6.45, 7) is 1.67. The van der Waals surface area contributed by atoms with Gasteiger partial charge in [-0.25, -0.2) is 14.4 Å². The number of anilines is 1. The van der Waals surface area contributed by atoms with Crippen molar-refractivity contribution in [2.45, 2.75) is 6.92 Å². The molecule has 3 nitrogen and oxygen atoms in total. The third kappa shape index (κ3) is 2.08. The van der Waals surface area contributed by atoms with E-state index in [4.69, 9.17) is 17.3 Å². The molecule has 5 heteroatoms. The predicted octanol–water partition coefficient (Wildman–Crippen LogP) is 3.98. The Hall–Kier alpha value is -2.20. The van der Waals surface area contributed by atoms with Crippen molar-refractivity contribution in [2.24, 2.45) is 0 Å². The van der Waals surface area contributed by atoms with Gasteiger partial charge in [0.2, 0.25) is 0 Å². The molecule has 1 heterocycles. The Morgan fingerprint density at radius 3 is 2.45 bits per heavy atom. The number of rotatable bonds is 1. The first-order valence-electron chi connectivity index (χ1n) is 6.04. The number of nitrogens with two attached hydrogens (primary N) is 1. The molecule has 0 amide bonds. The third-order valence-corrected chi connectivity index (χ3v) is 3.41. The van der Waals surface area contributed by atoms with E-state index in [2.05, 4.69) is 9.97 Å². The zero-order valence-corrected chi connectivity index (χ0v) is 11.4. The molecule has 20 heavy (non-hydrogen) atoms. The molecule has 0 saturated heterocycles. The van der Waals surface area contributed by atoms with E-state index in [1.54, 1.807) is 13.0 Å². The molecule has 0 radical (unpaired) electrons. The quantitative estimate of drug-likeness (QED) is 0.736. The molecule has 0 spiro atoms. The summed E-state index contributed by atoms with van der Waals surface area (Å²) in [5, 5.41) is 0.268. The lowest BCUT2D eigenvalue weighted by atomic mass is 10.1. The highest BCUT2D eigenvalue weighted by molar-refractivity contribution is 6.33. The Labute approximate surface area is 120 Å². The number of hydrogen-bond acceptors (Lipinski definition) is 3. The molecule has 100 valence electrons. The average Bonchev–Trinajstić information content (AvgIpc) is 2.42. The van der Waals surface area contributed by atoms with E-state index >= 15 is 0 Å². The third-order valence-electron chi connectivity index (χ3n) is 3.10. The van der Waals surface area contributed by atoms with Crippen LogP contribution in [0.15, 0.2) is 36.4 Å². The molecule has 0 fully saturated rings. The Balaban J connectivity index is 2.29. The monoisotopic (exact) mass is 287 g/mol. The van der Waals surface area contributed by atoms with Crippen LogP contribution < -0.4 is 5.73 Å². The van der Waals surface area contributed by atoms with Crippen molar-refractivity contribution in [1.82, 2.24) is 9.97 Å². The molecule has 0 bridgehead atoms. The number of halogens is 2.